The van der Waals surface area contributed by atoms with Crippen LogP contribution in [0.25, 0.3) is 16.3 Å². The molecule has 14 heteroatoms. The van der Waals surface area contributed by atoms with Gasteiger partial charge in [0.05, 0.1) is 22.3 Å². The molecule has 2 amide bonds. The zero-order valence-electron chi connectivity index (χ0n) is 24.8. The number of amides is 2. The van der Waals surface area contributed by atoms with E-state index in [-0.39, 0.29) is 23.1 Å². The Balaban J connectivity index is 1.34. The van der Waals surface area contributed by atoms with Crippen molar-refractivity contribution in [2.75, 3.05) is 49.8 Å². The lowest BCUT2D eigenvalue weighted by atomic mass is 9.85. The Hall–Kier alpha value is -4.30. The average molecular weight is 627 g/mol. The predicted molar refractivity (Wildman–Crippen MR) is 164 cm³/mol. The van der Waals surface area contributed by atoms with E-state index in [4.69, 9.17) is 0 Å². The van der Waals surface area contributed by atoms with Crippen LogP contribution in [0.1, 0.15) is 40.7 Å². The highest BCUT2D eigenvalue weighted by Gasteiger charge is 2.32. The highest BCUT2D eigenvalue weighted by Crippen LogP contribution is 2.35. The summed E-state index contributed by atoms with van der Waals surface area (Å²) in [6.07, 6.45) is 1.58. The van der Waals surface area contributed by atoms with Crippen molar-refractivity contribution in [2.24, 2.45) is 5.92 Å². The number of thiazole rings is 1. The first kappa shape index (κ1) is 31.1. The van der Waals surface area contributed by atoms with Gasteiger partial charge < -0.3 is 20.4 Å². The number of anilines is 3. The van der Waals surface area contributed by atoms with E-state index in [0.717, 1.165) is 37.0 Å². The lowest BCUT2D eigenvalue weighted by Gasteiger charge is -2.23. The van der Waals surface area contributed by atoms with Crippen LogP contribution < -0.4 is 15.5 Å². The lowest BCUT2D eigenvalue weighted by Crippen LogP contribution is -2.28. The maximum atomic E-state index is 13.7. The maximum Gasteiger partial charge on any atom is 0.416 e. The molecule has 44 heavy (non-hydrogen) atoms. The second kappa shape index (κ2) is 12.7. The molecular weight excluding hydrogens is 593 g/mol. The van der Waals surface area contributed by atoms with E-state index in [1.165, 1.54) is 22.1 Å². The van der Waals surface area contributed by atoms with E-state index in [0.29, 0.717) is 40.2 Å². The van der Waals surface area contributed by atoms with E-state index in [2.05, 4.69) is 25.9 Å². The summed E-state index contributed by atoms with van der Waals surface area (Å²) in [6.45, 7) is 2.99. The molecule has 0 radical (unpaired) electrons. The second-order valence-electron chi connectivity index (χ2n) is 11.1. The second-order valence-corrected chi connectivity index (χ2v) is 12.2. The molecule has 1 saturated carbocycles. The van der Waals surface area contributed by atoms with Crippen LogP contribution in [-0.2, 0) is 11.0 Å². The van der Waals surface area contributed by atoms with Crippen molar-refractivity contribution >= 4 is 39.7 Å². The molecule has 0 bridgehead atoms. The Morgan fingerprint density at radius 2 is 1.84 bits per heavy atom. The van der Waals surface area contributed by atoms with Crippen LogP contribution in [0.3, 0.4) is 0 Å². The van der Waals surface area contributed by atoms with E-state index in [1.807, 2.05) is 25.9 Å². The molecule has 0 saturated heterocycles. The van der Waals surface area contributed by atoms with Gasteiger partial charge in [-0.15, -0.1) is 5.10 Å². The number of carbonyl (C=O) groups excluding carboxylic acids is 2. The summed E-state index contributed by atoms with van der Waals surface area (Å²) >= 11 is 1.29. The van der Waals surface area contributed by atoms with Crippen LogP contribution in [-0.4, -0.2) is 70.9 Å². The summed E-state index contributed by atoms with van der Waals surface area (Å²) in [5.74, 6) is -0.549. The average Bonchev–Trinajstić information content (AvgIpc) is 3.60. The first-order valence-electron chi connectivity index (χ1n) is 14.1. The topological polar surface area (TPSA) is 108 Å². The van der Waals surface area contributed by atoms with Crippen LogP contribution in [0.15, 0.2) is 48.8 Å². The number of rotatable bonds is 10. The normalized spacial score (nSPS) is 13.5. The highest BCUT2D eigenvalue weighted by molar-refractivity contribution is 7.19. The van der Waals surface area contributed by atoms with Crippen LogP contribution in [0, 0.1) is 12.8 Å². The number of nitrogens with zero attached hydrogens (tertiary/aromatic N) is 6. The van der Waals surface area contributed by atoms with Crippen LogP contribution in [0.4, 0.5) is 29.7 Å². The molecule has 2 aromatic carbocycles. The summed E-state index contributed by atoms with van der Waals surface area (Å²) in [5, 5.41) is 14.4. The number of alkyl halides is 3. The number of benzene rings is 2. The predicted octanol–water partition coefficient (Wildman–Crippen LogP) is 5.71. The molecule has 2 N–H and O–H groups in total. The van der Waals surface area contributed by atoms with Crippen molar-refractivity contribution in [3.8, 4) is 16.3 Å². The minimum Gasteiger partial charge on any atom is -0.373 e. The summed E-state index contributed by atoms with van der Waals surface area (Å²) < 4.78 is 42.7. The van der Waals surface area contributed by atoms with Crippen LogP contribution >= 0.6 is 11.3 Å². The number of carbonyl (C=O) groups is 2. The molecule has 4 aromatic rings. The van der Waals surface area contributed by atoms with Crippen molar-refractivity contribution in [2.45, 2.75) is 32.4 Å². The van der Waals surface area contributed by atoms with Gasteiger partial charge in [-0.05, 0) is 69.8 Å². The Kier molecular flexibility index (Phi) is 9.02. The van der Waals surface area contributed by atoms with E-state index < -0.39 is 17.6 Å². The van der Waals surface area contributed by atoms with Gasteiger partial charge >= 0.3 is 6.18 Å². The highest BCUT2D eigenvalue weighted by atomic mass is 32.1. The molecule has 10 nitrogen and oxygen atoms in total. The number of aryl methyl sites for hydroxylation is 1. The van der Waals surface area contributed by atoms with Crippen molar-refractivity contribution < 1.29 is 22.8 Å². The summed E-state index contributed by atoms with van der Waals surface area (Å²) in [5.41, 5.74) is 1.68. The number of nitrogens with one attached hydrogen (secondary N) is 2. The van der Waals surface area contributed by atoms with Gasteiger partial charge in [0, 0.05) is 49.2 Å². The van der Waals surface area contributed by atoms with E-state index in [9.17, 15) is 22.8 Å². The summed E-state index contributed by atoms with van der Waals surface area (Å²) in [4.78, 5) is 34.2. The molecule has 0 atom stereocenters. The molecule has 1 aliphatic carbocycles. The monoisotopic (exact) mass is 626 g/mol. The van der Waals surface area contributed by atoms with Gasteiger partial charge in [0.25, 0.3) is 5.91 Å². The van der Waals surface area contributed by atoms with Crippen LogP contribution in [0.2, 0.25) is 0 Å². The smallest absolute Gasteiger partial charge is 0.373 e. The number of aromatic nitrogens is 4. The fraction of sp³-hybridized carbons (Fsp3) is 0.367. The first-order chi connectivity index (χ1) is 20.9. The zero-order chi connectivity index (χ0) is 31.6. The van der Waals surface area contributed by atoms with Crippen molar-refractivity contribution in [1.29, 1.82) is 0 Å². The van der Waals surface area contributed by atoms with E-state index in [1.54, 1.807) is 42.5 Å². The Morgan fingerprint density at radius 1 is 1.07 bits per heavy atom. The fourth-order valence-electron chi connectivity index (χ4n) is 4.57. The molecule has 0 spiro atoms. The lowest BCUT2D eigenvalue weighted by molar-refractivity contribution is -0.137. The van der Waals surface area contributed by atoms with Crippen LogP contribution in [0.5, 0.6) is 0 Å². The maximum absolute atomic E-state index is 13.7. The Labute approximate surface area is 256 Å². The summed E-state index contributed by atoms with van der Waals surface area (Å²) in [6, 6.07) is 8.48. The quantitative estimate of drug-likeness (QED) is 0.232. The Bertz CT molecular complexity index is 1660. The molecule has 5 rings (SSSR count). The van der Waals surface area contributed by atoms with Gasteiger partial charge in [-0.1, -0.05) is 29.0 Å². The van der Waals surface area contributed by atoms with Gasteiger partial charge in [-0.3, -0.25) is 9.59 Å². The first-order valence-corrected chi connectivity index (χ1v) is 14.9. The van der Waals surface area contributed by atoms with Crippen molar-refractivity contribution in [3.05, 3.63) is 65.5 Å². The molecule has 0 unspecified atom stereocenters. The molecular formula is C30H33F3N8O2S. The number of likely N-dealkylation sites (N-methyl/N-ethyl adjacent to an activating group) is 2. The van der Waals surface area contributed by atoms with Gasteiger partial charge in [0.1, 0.15) is 5.69 Å². The molecule has 232 valence electrons. The third-order valence-electron chi connectivity index (χ3n) is 7.50. The van der Waals surface area contributed by atoms with Gasteiger partial charge in [0.15, 0.2) is 5.13 Å². The van der Waals surface area contributed by atoms with Crippen molar-refractivity contribution in [3.63, 3.8) is 0 Å². The SMILES string of the molecule is Cc1ccc(C(=O)Nc2cc(N(C)CCN(C)C)cc(C(F)(F)F)c2)cc1-n1cc(-c2cnc(NC(=O)C3CCC3)s2)nn1. The molecule has 2 heterocycles. The molecule has 1 fully saturated rings. The minimum atomic E-state index is -4.58. The zero-order valence-corrected chi connectivity index (χ0v) is 25.6. The van der Waals surface area contributed by atoms with E-state index >= 15 is 0 Å². The molecule has 1 aliphatic rings. The fourth-order valence-corrected chi connectivity index (χ4v) is 5.34. The van der Waals surface area contributed by atoms with Gasteiger partial charge in [0.2, 0.25) is 5.91 Å². The number of hydrogen-bond acceptors (Lipinski definition) is 8. The molecule has 0 aliphatic heterocycles. The number of hydrogen-bond donors (Lipinski definition) is 2. The summed E-state index contributed by atoms with van der Waals surface area (Å²) in [7, 11) is 5.48. The van der Waals surface area contributed by atoms with Crippen molar-refractivity contribution in [1.82, 2.24) is 24.9 Å². The molecule has 2 aromatic heterocycles. The van der Waals surface area contributed by atoms with Gasteiger partial charge in [-0.2, -0.15) is 13.2 Å². The Morgan fingerprint density at radius 3 is 2.52 bits per heavy atom. The van der Waals surface area contributed by atoms with Gasteiger partial charge in [-0.25, -0.2) is 9.67 Å². The minimum absolute atomic E-state index is 0.0239. The number of halogens is 3. The standard InChI is InChI=1S/C30H33F3N8O2S/c1-18-8-9-20(28(43)35-22-13-21(30(31,32)33)14-23(15-22)40(4)11-10-39(2)3)12-25(18)41-17-24(37-38-41)26-16-34-29(44-26)36-27(42)19-6-5-7-19/h8-9,12-17,19H,5-7,10-11H2,1-4H3,(H,35,43)(H,34,36,42). The third-order valence-corrected chi connectivity index (χ3v) is 8.44. The largest absolute Gasteiger partial charge is 0.416 e. The third kappa shape index (κ3) is 7.25.